The highest BCUT2D eigenvalue weighted by molar-refractivity contribution is 5.93. The van der Waals surface area contributed by atoms with Gasteiger partial charge in [0.15, 0.2) is 0 Å². The minimum Gasteiger partial charge on any atom is -0.465 e. The molecule has 0 aliphatic rings. The van der Waals surface area contributed by atoms with Gasteiger partial charge in [0.2, 0.25) is 0 Å². The van der Waals surface area contributed by atoms with E-state index in [1.807, 2.05) is 6.92 Å². The molecule has 1 aromatic heterocycles. The number of esters is 1. The summed E-state index contributed by atoms with van der Waals surface area (Å²) in [5.74, 6) is -0.362. The van der Waals surface area contributed by atoms with Crippen LogP contribution in [-0.4, -0.2) is 27.8 Å². The van der Waals surface area contributed by atoms with E-state index >= 15 is 0 Å². The van der Waals surface area contributed by atoms with Crippen LogP contribution in [0.15, 0.2) is 24.5 Å². The Morgan fingerprint density at radius 3 is 2.95 bits per heavy atom. The molecule has 0 bridgehead atoms. The van der Waals surface area contributed by atoms with Crippen molar-refractivity contribution in [2.45, 2.75) is 19.8 Å². The maximum absolute atomic E-state index is 13.3. The third-order valence-corrected chi connectivity index (χ3v) is 2.72. The van der Waals surface area contributed by atoms with Crippen LogP contribution in [0.25, 0.3) is 5.69 Å². The second-order valence-electron chi connectivity index (χ2n) is 4.02. The number of rotatable bonds is 4. The molecule has 0 fully saturated rings. The topological polar surface area (TPSA) is 57.0 Å². The van der Waals surface area contributed by atoms with Crippen molar-refractivity contribution in [1.29, 1.82) is 0 Å². The van der Waals surface area contributed by atoms with E-state index < -0.39 is 11.8 Å². The van der Waals surface area contributed by atoms with E-state index in [0.29, 0.717) is 5.69 Å². The molecule has 0 amide bonds. The van der Waals surface area contributed by atoms with E-state index in [-0.39, 0.29) is 5.56 Å². The normalized spacial score (nSPS) is 10.5. The standard InChI is InChI=1S/C13H14FN3O2/c1-3-4-12-16-15-8-17(12)11-6-5-9(14)7-10(11)13(18)19-2/h5-8H,3-4H2,1-2H3. The number of nitrogens with zero attached hydrogens (tertiary/aromatic N) is 3. The van der Waals surface area contributed by atoms with Crippen molar-refractivity contribution >= 4 is 5.97 Å². The maximum Gasteiger partial charge on any atom is 0.340 e. The highest BCUT2D eigenvalue weighted by Crippen LogP contribution is 2.19. The van der Waals surface area contributed by atoms with Crippen LogP contribution in [0.5, 0.6) is 0 Å². The Bertz CT molecular complexity index is 595. The Kier molecular flexibility index (Phi) is 3.89. The molecule has 5 nitrogen and oxygen atoms in total. The van der Waals surface area contributed by atoms with Crippen LogP contribution in [0.2, 0.25) is 0 Å². The number of aromatic nitrogens is 3. The van der Waals surface area contributed by atoms with Crippen LogP contribution in [0.4, 0.5) is 4.39 Å². The van der Waals surface area contributed by atoms with E-state index in [0.717, 1.165) is 24.7 Å². The summed E-state index contributed by atoms with van der Waals surface area (Å²) in [6.45, 7) is 2.02. The van der Waals surface area contributed by atoms with Gasteiger partial charge >= 0.3 is 5.97 Å². The predicted octanol–water partition coefficient (Wildman–Crippen LogP) is 2.15. The van der Waals surface area contributed by atoms with Crippen LogP contribution in [0.3, 0.4) is 0 Å². The average Bonchev–Trinajstić information content (AvgIpc) is 2.86. The zero-order chi connectivity index (χ0) is 13.8. The molecule has 0 saturated carbocycles. The minimum absolute atomic E-state index is 0.152. The number of hydrogen-bond acceptors (Lipinski definition) is 4. The van der Waals surface area contributed by atoms with Gasteiger partial charge < -0.3 is 4.74 Å². The van der Waals surface area contributed by atoms with E-state index in [9.17, 15) is 9.18 Å². The molecule has 0 unspecified atom stereocenters. The van der Waals surface area contributed by atoms with E-state index in [1.54, 1.807) is 4.57 Å². The first-order chi connectivity index (χ1) is 9.17. The molecular formula is C13H14FN3O2. The molecule has 0 N–H and O–H groups in total. The van der Waals surface area contributed by atoms with Gasteiger partial charge in [0, 0.05) is 6.42 Å². The molecule has 0 aliphatic heterocycles. The summed E-state index contributed by atoms with van der Waals surface area (Å²) in [5.41, 5.74) is 0.668. The molecule has 2 rings (SSSR count). The van der Waals surface area contributed by atoms with Gasteiger partial charge in [-0.25, -0.2) is 9.18 Å². The van der Waals surface area contributed by atoms with Gasteiger partial charge in [-0.3, -0.25) is 4.57 Å². The predicted molar refractivity (Wildman–Crippen MR) is 66.7 cm³/mol. The van der Waals surface area contributed by atoms with Crippen molar-refractivity contribution in [3.63, 3.8) is 0 Å². The molecule has 2 aromatic rings. The molecule has 0 saturated heterocycles. The lowest BCUT2D eigenvalue weighted by molar-refractivity contribution is 0.0600. The fourth-order valence-electron chi connectivity index (χ4n) is 1.85. The zero-order valence-corrected chi connectivity index (χ0v) is 10.8. The molecule has 6 heteroatoms. The highest BCUT2D eigenvalue weighted by Gasteiger charge is 2.16. The van der Waals surface area contributed by atoms with Crippen LogP contribution >= 0.6 is 0 Å². The molecule has 0 aliphatic carbocycles. The number of methoxy groups -OCH3 is 1. The van der Waals surface area contributed by atoms with Gasteiger partial charge in [-0.15, -0.1) is 10.2 Å². The van der Waals surface area contributed by atoms with Crippen molar-refractivity contribution in [2.75, 3.05) is 7.11 Å². The molecule has 1 aromatic carbocycles. The summed E-state index contributed by atoms with van der Waals surface area (Å²) >= 11 is 0. The summed E-state index contributed by atoms with van der Waals surface area (Å²) in [7, 11) is 1.26. The lowest BCUT2D eigenvalue weighted by Crippen LogP contribution is -2.10. The first kappa shape index (κ1) is 13.2. The first-order valence-electron chi connectivity index (χ1n) is 5.94. The summed E-state index contributed by atoms with van der Waals surface area (Å²) in [4.78, 5) is 11.7. The minimum atomic E-state index is -0.592. The Labute approximate surface area is 110 Å². The average molecular weight is 263 g/mol. The molecule has 19 heavy (non-hydrogen) atoms. The number of carbonyl (C=O) groups is 1. The van der Waals surface area contributed by atoms with Crippen LogP contribution < -0.4 is 0 Å². The number of aryl methyl sites for hydroxylation is 1. The summed E-state index contributed by atoms with van der Waals surface area (Å²) in [6, 6.07) is 3.96. The maximum atomic E-state index is 13.3. The van der Waals surface area contributed by atoms with Crippen LogP contribution in [0, 0.1) is 5.82 Å². The van der Waals surface area contributed by atoms with Crippen LogP contribution in [0.1, 0.15) is 29.5 Å². The lowest BCUT2D eigenvalue weighted by atomic mass is 10.1. The fourth-order valence-corrected chi connectivity index (χ4v) is 1.85. The lowest BCUT2D eigenvalue weighted by Gasteiger charge is -2.10. The summed E-state index contributed by atoms with van der Waals surface area (Å²) in [5, 5.41) is 7.83. The molecule has 0 radical (unpaired) electrons. The number of benzene rings is 1. The number of carbonyl (C=O) groups excluding carboxylic acids is 1. The first-order valence-corrected chi connectivity index (χ1v) is 5.94. The zero-order valence-electron chi connectivity index (χ0n) is 10.8. The van der Waals surface area contributed by atoms with Gasteiger partial charge in [0.1, 0.15) is 18.0 Å². The third kappa shape index (κ3) is 2.62. The van der Waals surface area contributed by atoms with Gasteiger partial charge in [0.05, 0.1) is 18.4 Å². The van der Waals surface area contributed by atoms with Gasteiger partial charge in [0.25, 0.3) is 0 Å². The van der Waals surface area contributed by atoms with Gasteiger partial charge in [-0.05, 0) is 24.6 Å². The molecule has 100 valence electrons. The summed E-state index contributed by atoms with van der Waals surface area (Å²) < 4.78 is 19.6. The van der Waals surface area contributed by atoms with E-state index in [1.165, 1.54) is 25.6 Å². The largest absolute Gasteiger partial charge is 0.465 e. The third-order valence-electron chi connectivity index (χ3n) is 2.72. The Morgan fingerprint density at radius 1 is 1.47 bits per heavy atom. The van der Waals surface area contributed by atoms with Crippen molar-refractivity contribution in [2.24, 2.45) is 0 Å². The fraction of sp³-hybridized carbons (Fsp3) is 0.308. The van der Waals surface area contributed by atoms with E-state index in [4.69, 9.17) is 0 Å². The Balaban J connectivity index is 2.55. The van der Waals surface area contributed by atoms with Crippen molar-refractivity contribution in [3.8, 4) is 5.69 Å². The monoisotopic (exact) mass is 263 g/mol. The number of halogens is 1. The van der Waals surface area contributed by atoms with Gasteiger partial charge in [-0.1, -0.05) is 6.92 Å². The van der Waals surface area contributed by atoms with E-state index in [2.05, 4.69) is 14.9 Å². The highest BCUT2D eigenvalue weighted by atomic mass is 19.1. The quantitative estimate of drug-likeness (QED) is 0.793. The molecular weight excluding hydrogens is 249 g/mol. The molecule has 1 heterocycles. The number of hydrogen-bond donors (Lipinski definition) is 0. The second-order valence-corrected chi connectivity index (χ2v) is 4.02. The van der Waals surface area contributed by atoms with Crippen molar-refractivity contribution in [3.05, 3.63) is 41.7 Å². The van der Waals surface area contributed by atoms with Crippen molar-refractivity contribution in [1.82, 2.24) is 14.8 Å². The Hall–Kier alpha value is -2.24. The summed E-state index contributed by atoms with van der Waals surface area (Å²) in [6.07, 6.45) is 3.12. The van der Waals surface area contributed by atoms with Crippen LogP contribution in [-0.2, 0) is 11.2 Å². The van der Waals surface area contributed by atoms with Crippen molar-refractivity contribution < 1.29 is 13.9 Å². The SMILES string of the molecule is CCCc1nncn1-c1ccc(F)cc1C(=O)OC. The Morgan fingerprint density at radius 2 is 2.26 bits per heavy atom. The molecule has 0 atom stereocenters. The van der Waals surface area contributed by atoms with Gasteiger partial charge in [-0.2, -0.15) is 0 Å². The molecule has 0 spiro atoms. The number of ether oxygens (including phenoxy) is 1. The second kappa shape index (κ2) is 5.60. The smallest absolute Gasteiger partial charge is 0.340 e.